The minimum atomic E-state index is -0.557. The van der Waals surface area contributed by atoms with Gasteiger partial charge in [0.15, 0.2) is 0 Å². The lowest BCUT2D eigenvalue weighted by atomic mass is 10.1. The molecule has 0 aliphatic carbocycles. The molecular formula is C10H14FN. The molecule has 0 aliphatic heterocycles. The molecule has 0 heterocycles. The predicted molar refractivity (Wildman–Crippen MR) is 51.9 cm³/mol. The lowest BCUT2D eigenvalue weighted by Gasteiger charge is -1.96. The van der Waals surface area contributed by atoms with Crippen molar-refractivity contribution < 1.29 is 4.39 Å². The molecule has 0 rings (SSSR count). The van der Waals surface area contributed by atoms with Crippen LogP contribution in [0, 0.1) is 0 Å². The van der Waals surface area contributed by atoms with Crippen molar-refractivity contribution in [3.05, 3.63) is 36.1 Å². The molecule has 0 fully saturated rings. The van der Waals surface area contributed by atoms with Crippen LogP contribution in [0.2, 0.25) is 0 Å². The molecular weight excluding hydrogens is 153 g/mol. The molecule has 0 saturated heterocycles. The summed E-state index contributed by atoms with van der Waals surface area (Å²) in [6.45, 7) is 9.02. The monoisotopic (exact) mass is 167 g/mol. The molecule has 0 amide bonds. The Labute approximate surface area is 73.0 Å². The molecule has 0 N–H and O–H groups in total. The van der Waals surface area contributed by atoms with Crippen molar-refractivity contribution >= 4 is 5.97 Å². The van der Waals surface area contributed by atoms with E-state index in [1.807, 2.05) is 26.8 Å². The van der Waals surface area contributed by atoms with Crippen LogP contribution in [0.15, 0.2) is 41.1 Å². The fourth-order valence-electron chi connectivity index (χ4n) is 0.541. The van der Waals surface area contributed by atoms with Crippen molar-refractivity contribution in [2.75, 3.05) is 0 Å². The van der Waals surface area contributed by atoms with Gasteiger partial charge in [0.1, 0.15) is 0 Å². The SMILES string of the molecule is C=CC(F)=N/C=C(C)/C(C)=C/C. The molecule has 0 aromatic rings. The zero-order valence-corrected chi connectivity index (χ0v) is 7.76. The van der Waals surface area contributed by atoms with Crippen molar-refractivity contribution in [1.29, 1.82) is 0 Å². The molecule has 0 unspecified atom stereocenters. The topological polar surface area (TPSA) is 12.4 Å². The second kappa shape index (κ2) is 5.47. The summed E-state index contributed by atoms with van der Waals surface area (Å²) in [6.07, 6.45) is 4.52. The standard InChI is InChI=1S/C10H14FN/c1-5-8(3)9(4)7-12-10(11)6-2/h5-7H,2H2,1,3-4H3/b8-5+,9-7+,12-10?. The van der Waals surface area contributed by atoms with Crippen LogP contribution in [0.1, 0.15) is 20.8 Å². The maximum absolute atomic E-state index is 12.4. The summed E-state index contributed by atoms with van der Waals surface area (Å²) >= 11 is 0. The molecule has 2 heteroatoms. The molecule has 0 aromatic carbocycles. The van der Waals surface area contributed by atoms with E-state index >= 15 is 0 Å². The highest BCUT2D eigenvalue weighted by atomic mass is 19.1. The Balaban J connectivity index is 4.48. The summed E-state index contributed by atoms with van der Waals surface area (Å²) in [4.78, 5) is 3.54. The van der Waals surface area contributed by atoms with Gasteiger partial charge in [0.25, 0.3) is 0 Å². The first kappa shape index (κ1) is 10.8. The molecule has 66 valence electrons. The van der Waals surface area contributed by atoms with Crippen molar-refractivity contribution in [2.45, 2.75) is 20.8 Å². The molecule has 1 nitrogen and oxygen atoms in total. The number of allylic oxidation sites excluding steroid dienone is 4. The molecule has 0 saturated carbocycles. The van der Waals surface area contributed by atoms with E-state index in [2.05, 4.69) is 11.6 Å². The highest BCUT2D eigenvalue weighted by molar-refractivity contribution is 5.86. The minimum absolute atomic E-state index is 0.557. The second-order valence-electron chi connectivity index (χ2n) is 2.44. The van der Waals surface area contributed by atoms with Crippen molar-refractivity contribution in [3.63, 3.8) is 0 Å². The lowest BCUT2D eigenvalue weighted by Crippen LogP contribution is -1.80. The van der Waals surface area contributed by atoms with Crippen LogP contribution in [-0.2, 0) is 0 Å². The lowest BCUT2D eigenvalue weighted by molar-refractivity contribution is 0.813. The van der Waals surface area contributed by atoms with E-state index < -0.39 is 5.97 Å². The molecule has 0 radical (unpaired) electrons. The smallest absolute Gasteiger partial charge is 0.212 e. The first-order valence-corrected chi connectivity index (χ1v) is 3.77. The molecule has 0 spiro atoms. The molecule has 0 aliphatic rings. The number of aliphatic imine (C=N–C) groups is 1. The van der Waals surface area contributed by atoms with Gasteiger partial charge in [0.2, 0.25) is 5.97 Å². The zero-order valence-electron chi connectivity index (χ0n) is 7.76. The zero-order chi connectivity index (χ0) is 9.56. The third kappa shape index (κ3) is 3.86. The second-order valence-corrected chi connectivity index (χ2v) is 2.44. The number of hydrogen-bond donors (Lipinski definition) is 0. The average Bonchev–Trinajstić information content (AvgIpc) is 2.11. The number of rotatable bonds is 3. The van der Waals surface area contributed by atoms with Gasteiger partial charge in [0, 0.05) is 6.20 Å². The fraction of sp³-hybridized carbons (Fsp3) is 0.300. The molecule has 0 aromatic heterocycles. The Kier molecular flexibility index (Phi) is 4.93. The van der Waals surface area contributed by atoms with Gasteiger partial charge in [-0.1, -0.05) is 18.2 Å². The largest absolute Gasteiger partial charge is 0.228 e. The van der Waals surface area contributed by atoms with Gasteiger partial charge in [-0.15, -0.1) is 0 Å². The Hall–Kier alpha value is -1.18. The third-order valence-corrected chi connectivity index (χ3v) is 1.60. The first-order chi connectivity index (χ1) is 5.61. The molecule has 12 heavy (non-hydrogen) atoms. The van der Waals surface area contributed by atoms with Crippen LogP contribution >= 0.6 is 0 Å². The number of hydrogen-bond acceptors (Lipinski definition) is 1. The van der Waals surface area contributed by atoms with Gasteiger partial charge in [-0.25, -0.2) is 4.99 Å². The summed E-state index contributed by atoms with van der Waals surface area (Å²) in [6, 6.07) is 0. The van der Waals surface area contributed by atoms with Crippen LogP contribution in [0.3, 0.4) is 0 Å². The van der Waals surface area contributed by atoms with E-state index in [-0.39, 0.29) is 0 Å². The van der Waals surface area contributed by atoms with E-state index in [1.165, 1.54) is 6.20 Å². The van der Waals surface area contributed by atoms with Gasteiger partial charge < -0.3 is 0 Å². The summed E-state index contributed by atoms with van der Waals surface area (Å²) < 4.78 is 12.4. The summed E-state index contributed by atoms with van der Waals surface area (Å²) in [5.74, 6) is -0.557. The Bertz CT molecular complexity index is 247. The van der Waals surface area contributed by atoms with Crippen LogP contribution in [0.5, 0.6) is 0 Å². The Morgan fingerprint density at radius 3 is 2.33 bits per heavy atom. The third-order valence-electron chi connectivity index (χ3n) is 1.60. The summed E-state index contributed by atoms with van der Waals surface area (Å²) in [5, 5.41) is 0. The number of nitrogens with zero attached hydrogens (tertiary/aromatic N) is 1. The normalized spacial score (nSPS) is 14.8. The van der Waals surface area contributed by atoms with E-state index in [4.69, 9.17) is 0 Å². The van der Waals surface area contributed by atoms with Crippen LogP contribution < -0.4 is 0 Å². The fourth-order valence-corrected chi connectivity index (χ4v) is 0.541. The highest BCUT2D eigenvalue weighted by Crippen LogP contribution is 2.07. The van der Waals surface area contributed by atoms with Gasteiger partial charge >= 0.3 is 0 Å². The maximum Gasteiger partial charge on any atom is 0.212 e. The van der Waals surface area contributed by atoms with Crippen molar-refractivity contribution in [1.82, 2.24) is 0 Å². The quantitative estimate of drug-likeness (QED) is 0.451. The summed E-state index contributed by atoms with van der Waals surface area (Å²) in [7, 11) is 0. The van der Waals surface area contributed by atoms with Gasteiger partial charge in [-0.2, -0.15) is 4.39 Å². The number of halogens is 1. The predicted octanol–water partition coefficient (Wildman–Crippen LogP) is 3.41. The van der Waals surface area contributed by atoms with Crippen LogP contribution in [-0.4, -0.2) is 5.97 Å². The van der Waals surface area contributed by atoms with E-state index in [0.717, 1.165) is 17.2 Å². The highest BCUT2D eigenvalue weighted by Gasteiger charge is 1.89. The first-order valence-electron chi connectivity index (χ1n) is 3.77. The van der Waals surface area contributed by atoms with E-state index in [1.54, 1.807) is 0 Å². The van der Waals surface area contributed by atoms with E-state index in [9.17, 15) is 4.39 Å². The summed E-state index contributed by atoms with van der Waals surface area (Å²) in [5.41, 5.74) is 2.05. The van der Waals surface area contributed by atoms with Gasteiger partial charge in [0.05, 0.1) is 0 Å². The minimum Gasteiger partial charge on any atom is -0.228 e. The van der Waals surface area contributed by atoms with Crippen LogP contribution in [0.25, 0.3) is 0 Å². The van der Waals surface area contributed by atoms with Gasteiger partial charge in [-0.05, 0) is 32.4 Å². The maximum atomic E-state index is 12.4. The Morgan fingerprint density at radius 1 is 1.33 bits per heavy atom. The van der Waals surface area contributed by atoms with Crippen LogP contribution in [0.4, 0.5) is 4.39 Å². The Morgan fingerprint density at radius 2 is 1.92 bits per heavy atom. The van der Waals surface area contributed by atoms with Crippen molar-refractivity contribution in [3.8, 4) is 0 Å². The van der Waals surface area contributed by atoms with Gasteiger partial charge in [-0.3, -0.25) is 0 Å². The molecule has 0 atom stereocenters. The average molecular weight is 167 g/mol. The van der Waals surface area contributed by atoms with Crippen molar-refractivity contribution in [2.24, 2.45) is 4.99 Å². The molecule has 0 bridgehead atoms. The van der Waals surface area contributed by atoms with E-state index in [0.29, 0.717) is 0 Å².